The number of benzene rings is 2. The quantitative estimate of drug-likeness (QED) is 0.176. The Balaban J connectivity index is 1.37. The van der Waals surface area contributed by atoms with E-state index in [9.17, 15) is 8.42 Å². The Labute approximate surface area is 276 Å². The SMILES string of the molecule is CCCc1nc(-c2cc(C)cc(OC)c2)c(-c2ccnc(Nc3cc(OC)c(OC4CCN(CCS(C)(=O)=O)CC4)c(OC)c3)n2)o1. The summed E-state index contributed by atoms with van der Waals surface area (Å²) in [5, 5.41) is 3.27. The van der Waals surface area contributed by atoms with Gasteiger partial charge in [0.05, 0.1) is 27.1 Å². The third-order valence-electron chi connectivity index (χ3n) is 7.90. The average Bonchev–Trinajstić information content (AvgIpc) is 3.48. The summed E-state index contributed by atoms with van der Waals surface area (Å²) in [4.78, 5) is 16.2. The normalized spacial score (nSPS) is 14.2. The number of methoxy groups -OCH3 is 3. The molecule has 252 valence electrons. The maximum Gasteiger partial charge on any atom is 0.227 e. The second-order valence-corrected chi connectivity index (χ2v) is 13.9. The number of aryl methyl sites for hydroxylation is 2. The molecule has 0 unspecified atom stereocenters. The van der Waals surface area contributed by atoms with Crippen molar-refractivity contribution in [2.24, 2.45) is 0 Å². The van der Waals surface area contributed by atoms with E-state index in [0.29, 0.717) is 64.9 Å². The van der Waals surface area contributed by atoms with Crippen LogP contribution < -0.4 is 24.3 Å². The number of aromatic nitrogens is 3. The Morgan fingerprint density at radius 2 is 1.72 bits per heavy atom. The van der Waals surface area contributed by atoms with E-state index in [1.165, 1.54) is 6.26 Å². The van der Waals surface area contributed by atoms with Crippen molar-refractivity contribution in [3.8, 4) is 45.7 Å². The van der Waals surface area contributed by atoms with Crippen LogP contribution in [0, 0.1) is 6.92 Å². The van der Waals surface area contributed by atoms with Gasteiger partial charge in [-0.25, -0.2) is 23.4 Å². The van der Waals surface area contributed by atoms with Crippen molar-refractivity contribution >= 4 is 21.5 Å². The van der Waals surface area contributed by atoms with Gasteiger partial charge in [0.2, 0.25) is 11.7 Å². The number of nitrogens with one attached hydrogen (secondary N) is 1. The predicted molar refractivity (Wildman–Crippen MR) is 181 cm³/mol. The van der Waals surface area contributed by atoms with Crippen LogP contribution in [-0.2, 0) is 16.3 Å². The molecule has 0 radical (unpaired) electrons. The van der Waals surface area contributed by atoms with Gasteiger partial charge in [0.1, 0.15) is 33.1 Å². The standard InChI is InChI=1S/C34H43N5O7S/c1-7-8-30-38-31(23-17-22(2)18-26(19-23)42-3)32(46-30)27-9-12-35-34(37-27)36-24-20-28(43-4)33(29(21-24)44-5)45-25-10-13-39(14-11-25)15-16-47(6,40)41/h9,12,17-21,25H,7-8,10-11,13-16H2,1-6H3,(H,35,36,37). The number of sulfone groups is 1. The van der Waals surface area contributed by atoms with Gasteiger partial charge in [-0.3, -0.25) is 0 Å². The molecule has 1 saturated heterocycles. The van der Waals surface area contributed by atoms with E-state index < -0.39 is 9.84 Å². The zero-order valence-corrected chi connectivity index (χ0v) is 28.6. The lowest BCUT2D eigenvalue weighted by atomic mass is 10.1. The molecule has 4 aromatic rings. The first-order chi connectivity index (χ1) is 22.6. The van der Waals surface area contributed by atoms with E-state index in [-0.39, 0.29) is 11.9 Å². The molecular formula is C34H43N5O7S. The highest BCUT2D eigenvalue weighted by molar-refractivity contribution is 7.90. The number of hydrogen-bond donors (Lipinski definition) is 1. The number of anilines is 2. The Kier molecular flexibility index (Phi) is 10.9. The molecule has 1 aliphatic rings. The van der Waals surface area contributed by atoms with Crippen LogP contribution in [0.2, 0.25) is 0 Å². The van der Waals surface area contributed by atoms with Gasteiger partial charge in [-0.1, -0.05) is 6.92 Å². The Morgan fingerprint density at radius 1 is 1.00 bits per heavy atom. The number of ether oxygens (including phenoxy) is 4. The summed E-state index contributed by atoms with van der Waals surface area (Å²) in [7, 11) is 1.80. The zero-order valence-electron chi connectivity index (χ0n) is 27.8. The van der Waals surface area contributed by atoms with Crippen molar-refractivity contribution in [3.05, 3.63) is 54.0 Å². The monoisotopic (exact) mass is 665 g/mol. The first kappa shape index (κ1) is 34.0. The molecule has 0 saturated carbocycles. The Morgan fingerprint density at radius 3 is 2.36 bits per heavy atom. The Bertz CT molecular complexity index is 1760. The molecule has 0 atom stereocenters. The second-order valence-electron chi connectivity index (χ2n) is 11.7. The molecule has 0 bridgehead atoms. The fraction of sp³-hybridized carbons (Fsp3) is 0.441. The molecular weight excluding hydrogens is 622 g/mol. The van der Waals surface area contributed by atoms with Crippen LogP contribution in [0.25, 0.3) is 22.7 Å². The van der Waals surface area contributed by atoms with E-state index in [0.717, 1.165) is 49.2 Å². The summed E-state index contributed by atoms with van der Waals surface area (Å²) < 4.78 is 52.7. The molecule has 12 nitrogen and oxygen atoms in total. The van der Waals surface area contributed by atoms with Crippen LogP contribution in [0.15, 0.2) is 47.0 Å². The maximum atomic E-state index is 11.6. The van der Waals surface area contributed by atoms with Gasteiger partial charge >= 0.3 is 0 Å². The number of oxazole rings is 1. The first-order valence-electron chi connectivity index (χ1n) is 15.7. The fourth-order valence-electron chi connectivity index (χ4n) is 5.51. The number of nitrogens with zero attached hydrogens (tertiary/aromatic N) is 4. The van der Waals surface area contributed by atoms with Crippen LogP contribution in [0.3, 0.4) is 0 Å². The van der Waals surface area contributed by atoms with E-state index in [4.69, 9.17) is 33.3 Å². The molecule has 0 aliphatic carbocycles. The molecule has 0 amide bonds. The lowest BCUT2D eigenvalue weighted by molar-refractivity contribution is 0.0984. The molecule has 2 aromatic carbocycles. The molecule has 1 aliphatic heterocycles. The summed E-state index contributed by atoms with van der Waals surface area (Å²) in [6, 6.07) is 11.4. The molecule has 0 spiro atoms. The van der Waals surface area contributed by atoms with Gasteiger partial charge in [0, 0.05) is 61.9 Å². The van der Waals surface area contributed by atoms with Gasteiger partial charge in [-0.05, 0) is 56.0 Å². The third-order valence-corrected chi connectivity index (χ3v) is 8.82. The molecule has 1 N–H and O–H groups in total. The predicted octanol–water partition coefficient (Wildman–Crippen LogP) is 5.72. The van der Waals surface area contributed by atoms with E-state index >= 15 is 0 Å². The average molecular weight is 666 g/mol. The number of hydrogen-bond acceptors (Lipinski definition) is 12. The molecule has 1 fully saturated rings. The summed E-state index contributed by atoms with van der Waals surface area (Å²) in [6.45, 7) is 6.13. The largest absolute Gasteiger partial charge is 0.497 e. The lowest BCUT2D eigenvalue weighted by Crippen LogP contribution is -2.40. The van der Waals surface area contributed by atoms with Crippen LogP contribution in [0.1, 0.15) is 37.6 Å². The highest BCUT2D eigenvalue weighted by atomic mass is 32.2. The van der Waals surface area contributed by atoms with Gasteiger partial charge < -0.3 is 33.6 Å². The fourth-order valence-corrected chi connectivity index (χ4v) is 6.10. The minimum absolute atomic E-state index is 0.0619. The maximum absolute atomic E-state index is 11.6. The minimum Gasteiger partial charge on any atom is -0.497 e. The molecule has 5 rings (SSSR count). The topological polar surface area (TPSA) is 138 Å². The van der Waals surface area contributed by atoms with Crippen LogP contribution in [0.4, 0.5) is 11.6 Å². The van der Waals surface area contributed by atoms with Crippen molar-refractivity contribution in [2.45, 2.75) is 45.6 Å². The molecule has 13 heteroatoms. The molecule has 47 heavy (non-hydrogen) atoms. The van der Waals surface area contributed by atoms with Crippen LogP contribution in [-0.4, -0.2) is 87.3 Å². The number of likely N-dealkylation sites (tertiary alicyclic amines) is 1. The Hall–Kier alpha value is -4.36. The third kappa shape index (κ3) is 8.72. The van der Waals surface area contributed by atoms with Gasteiger partial charge in [0.25, 0.3) is 0 Å². The summed E-state index contributed by atoms with van der Waals surface area (Å²) in [5.74, 6) is 3.93. The number of rotatable bonds is 14. The van der Waals surface area contributed by atoms with E-state index in [2.05, 4.69) is 22.1 Å². The minimum atomic E-state index is -3.00. The van der Waals surface area contributed by atoms with Crippen LogP contribution >= 0.6 is 0 Å². The van der Waals surface area contributed by atoms with Crippen molar-refractivity contribution in [1.29, 1.82) is 0 Å². The lowest BCUT2D eigenvalue weighted by Gasteiger charge is -2.32. The highest BCUT2D eigenvalue weighted by Gasteiger charge is 2.25. The van der Waals surface area contributed by atoms with Gasteiger partial charge in [0.15, 0.2) is 23.1 Å². The molecule has 2 aromatic heterocycles. The highest BCUT2D eigenvalue weighted by Crippen LogP contribution is 2.42. The van der Waals surface area contributed by atoms with Crippen molar-refractivity contribution in [3.63, 3.8) is 0 Å². The van der Waals surface area contributed by atoms with Gasteiger partial charge in [-0.2, -0.15) is 0 Å². The molecule has 3 heterocycles. The van der Waals surface area contributed by atoms with Crippen molar-refractivity contribution < 1.29 is 31.8 Å². The van der Waals surface area contributed by atoms with Gasteiger partial charge in [-0.15, -0.1) is 0 Å². The van der Waals surface area contributed by atoms with E-state index in [1.807, 2.05) is 37.3 Å². The van der Waals surface area contributed by atoms with Crippen LogP contribution in [0.5, 0.6) is 23.0 Å². The number of piperidine rings is 1. The van der Waals surface area contributed by atoms with Crippen molar-refractivity contribution in [1.82, 2.24) is 19.9 Å². The van der Waals surface area contributed by atoms with Crippen molar-refractivity contribution in [2.75, 3.05) is 58.3 Å². The summed E-state index contributed by atoms with van der Waals surface area (Å²) >= 11 is 0. The summed E-state index contributed by atoms with van der Waals surface area (Å²) in [5.41, 5.74) is 3.83. The zero-order chi connectivity index (χ0) is 33.6. The second kappa shape index (κ2) is 15.0. The summed E-state index contributed by atoms with van der Waals surface area (Å²) in [6.07, 6.45) is 5.98. The smallest absolute Gasteiger partial charge is 0.227 e. The first-order valence-corrected chi connectivity index (χ1v) is 17.7. The van der Waals surface area contributed by atoms with E-state index in [1.54, 1.807) is 33.6 Å².